The Kier molecular flexibility index (Phi) is 20.8. The van der Waals surface area contributed by atoms with Gasteiger partial charge in [-0.15, -0.1) is 15.8 Å². The van der Waals surface area contributed by atoms with Crippen molar-refractivity contribution in [2.45, 2.75) is 41.5 Å². The number of benzene rings is 4. The Balaban J connectivity index is 0.000000432. The first kappa shape index (κ1) is 40.9. The smallest absolute Gasteiger partial charge is 0 e. The van der Waals surface area contributed by atoms with Crippen LogP contribution >= 0.6 is 15.8 Å². The van der Waals surface area contributed by atoms with E-state index in [9.17, 15) is 0 Å². The third-order valence-electron chi connectivity index (χ3n) is 8.44. The molecule has 1 aliphatic rings. The number of hydrogen-bond acceptors (Lipinski definition) is 0. The van der Waals surface area contributed by atoms with E-state index in [-0.39, 0.29) is 16.5 Å². The molecule has 0 saturated heterocycles. The van der Waals surface area contributed by atoms with Gasteiger partial charge in [-0.3, -0.25) is 0 Å². The van der Waals surface area contributed by atoms with Gasteiger partial charge in [0.15, 0.2) is 0 Å². The van der Waals surface area contributed by atoms with Gasteiger partial charge in [-0.1, -0.05) is 163 Å². The van der Waals surface area contributed by atoms with Gasteiger partial charge in [-0.2, -0.15) is 0 Å². The molecule has 0 amide bonds. The predicted octanol–water partition coefficient (Wildman–Crippen LogP) is 13.1. The quantitative estimate of drug-likeness (QED) is 0.114. The van der Waals surface area contributed by atoms with Gasteiger partial charge in [0.25, 0.3) is 0 Å². The molecule has 0 spiro atoms. The molecule has 0 N–H and O–H groups in total. The second kappa shape index (κ2) is 23.9. The van der Waals surface area contributed by atoms with Crippen LogP contribution in [0.4, 0.5) is 0 Å². The summed E-state index contributed by atoms with van der Waals surface area (Å²) in [6.45, 7) is 13.7. The summed E-state index contributed by atoms with van der Waals surface area (Å²) in [6, 6.07) is 42.5. The fraction of sp³-hybridized carbons (Fsp3) is 0.273. The zero-order valence-corrected chi connectivity index (χ0v) is 32.1. The molecule has 3 heteroatoms. The third-order valence-corrected chi connectivity index (χ3v) is 13.8. The van der Waals surface area contributed by atoms with Crippen LogP contribution in [0, 0.1) is 25.7 Å². The van der Waals surface area contributed by atoms with Crippen molar-refractivity contribution in [3.63, 3.8) is 0 Å². The number of hydrogen-bond donors (Lipinski definition) is 0. The fourth-order valence-corrected chi connectivity index (χ4v) is 8.20. The average Bonchev–Trinajstić information content (AvgIpc) is 3.12. The maximum Gasteiger partial charge on any atom is 0 e. The molecule has 4 radical (unpaired) electrons. The van der Waals surface area contributed by atoms with E-state index in [2.05, 4.69) is 189 Å². The van der Waals surface area contributed by atoms with E-state index in [1.54, 1.807) is 0 Å². The van der Waals surface area contributed by atoms with Gasteiger partial charge in [-0.25, -0.2) is 0 Å². The van der Waals surface area contributed by atoms with Crippen molar-refractivity contribution in [2.75, 3.05) is 37.0 Å². The Morgan fingerprint density at radius 2 is 0.468 bits per heavy atom. The molecule has 0 aliphatic heterocycles. The summed E-state index contributed by atoms with van der Waals surface area (Å²) in [6.07, 6.45) is 17.6. The standard InChI is InChI=1S/C32H24.2C6H15P.Ni/c1-5-13-25(14-6-1)29-21-22-31(27-17-9-3-10-18-27)32(28-19-11-4-12-20-28)24-23-30(29)26-15-7-2-8-16-26;2*1-4-7(5-2)6-3;/h1-24H;2*4-6H2,1-3H3;/b30-29-,32-31-;;;. The van der Waals surface area contributed by atoms with Gasteiger partial charge in [-0.05, 0) is 107 Å². The van der Waals surface area contributed by atoms with Gasteiger partial charge in [0.05, 0.1) is 0 Å². The largest absolute Gasteiger partial charge is 0.108 e. The molecule has 1 aliphatic carbocycles. The van der Waals surface area contributed by atoms with Crippen molar-refractivity contribution in [1.29, 1.82) is 0 Å². The molecule has 0 unspecified atom stereocenters. The maximum atomic E-state index is 2.29. The van der Waals surface area contributed by atoms with E-state index in [4.69, 9.17) is 0 Å². The molecule has 0 aromatic heterocycles. The van der Waals surface area contributed by atoms with Gasteiger partial charge in [0, 0.05) is 16.5 Å². The van der Waals surface area contributed by atoms with Crippen LogP contribution in [0.15, 0.2) is 121 Å². The normalized spacial score (nSPS) is 16.2. The molecular weight excluding hydrogens is 649 g/mol. The van der Waals surface area contributed by atoms with Gasteiger partial charge >= 0.3 is 0 Å². The van der Waals surface area contributed by atoms with Crippen molar-refractivity contribution in [3.8, 4) is 0 Å². The molecule has 0 fully saturated rings. The topological polar surface area (TPSA) is 0 Å². The zero-order chi connectivity index (χ0) is 33.0. The molecule has 0 heterocycles. The van der Waals surface area contributed by atoms with Crippen LogP contribution < -0.4 is 0 Å². The summed E-state index contributed by atoms with van der Waals surface area (Å²) in [7, 11) is 0.892. The van der Waals surface area contributed by atoms with E-state index < -0.39 is 0 Å². The van der Waals surface area contributed by atoms with E-state index in [1.807, 2.05) is 0 Å². The predicted molar refractivity (Wildman–Crippen MR) is 214 cm³/mol. The molecule has 0 bridgehead atoms. The number of rotatable bonds is 10. The van der Waals surface area contributed by atoms with Gasteiger partial charge in [0.2, 0.25) is 0 Å². The SMILES string of the molecule is CCP(CC)CC.CCP(CC)CC.[CH]1[CH]/C(c2ccccc2)=C(/c2ccccc2)[CH][CH]/C(c2ccccc2)=C\1c1ccccc1.[Ni]. The zero-order valence-electron chi connectivity index (χ0n) is 29.3. The summed E-state index contributed by atoms with van der Waals surface area (Å²) in [5.41, 5.74) is 9.71. The minimum atomic E-state index is 0. The summed E-state index contributed by atoms with van der Waals surface area (Å²) in [5, 5.41) is 0. The fourth-order valence-electron chi connectivity index (χ4n) is 5.51. The summed E-state index contributed by atoms with van der Waals surface area (Å²) in [4.78, 5) is 0. The van der Waals surface area contributed by atoms with E-state index in [0.29, 0.717) is 15.8 Å². The van der Waals surface area contributed by atoms with Crippen LogP contribution in [0.2, 0.25) is 0 Å². The van der Waals surface area contributed by atoms with Gasteiger partial charge < -0.3 is 0 Å². The van der Waals surface area contributed by atoms with E-state index in [0.717, 1.165) is 0 Å². The Morgan fingerprint density at radius 3 is 0.596 bits per heavy atom. The molecule has 4 aromatic carbocycles. The monoisotopic (exact) mass is 702 g/mol. The molecule has 4 aromatic rings. The molecule has 5 rings (SSSR count). The Hall–Kier alpha value is -2.29. The van der Waals surface area contributed by atoms with Crippen molar-refractivity contribution in [1.82, 2.24) is 0 Å². The molecule has 47 heavy (non-hydrogen) atoms. The van der Waals surface area contributed by atoms with Crippen LogP contribution in [0.25, 0.3) is 22.3 Å². The second-order valence-corrected chi connectivity index (χ2v) is 17.5. The van der Waals surface area contributed by atoms with Crippen molar-refractivity contribution < 1.29 is 16.5 Å². The first-order chi connectivity index (χ1) is 22.6. The molecular formula is C44H54NiP2. The Labute approximate surface area is 301 Å². The first-order valence-corrected chi connectivity index (χ1v) is 20.9. The van der Waals surface area contributed by atoms with Gasteiger partial charge in [0.1, 0.15) is 0 Å². The van der Waals surface area contributed by atoms with Crippen LogP contribution in [-0.4, -0.2) is 37.0 Å². The first-order valence-electron chi connectivity index (χ1n) is 17.1. The van der Waals surface area contributed by atoms with Crippen LogP contribution in [0.3, 0.4) is 0 Å². The van der Waals surface area contributed by atoms with Crippen LogP contribution in [-0.2, 0) is 16.5 Å². The maximum absolute atomic E-state index is 2.29. The summed E-state index contributed by atoms with van der Waals surface area (Å²) in [5.74, 6) is 0. The van der Waals surface area contributed by atoms with Crippen molar-refractivity contribution in [3.05, 3.63) is 169 Å². The minimum absolute atomic E-state index is 0. The third kappa shape index (κ3) is 13.3. The molecule has 0 nitrogen and oxygen atoms in total. The van der Waals surface area contributed by atoms with Crippen LogP contribution in [0.1, 0.15) is 63.8 Å². The molecule has 0 saturated carbocycles. The van der Waals surface area contributed by atoms with Crippen LogP contribution in [0.5, 0.6) is 0 Å². The Bertz CT molecular complexity index is 1200. The van der Waals surface area contributed by atoms with E-state index >= 15 is 0 Å². The minimum Gasteiger partial charge on any atom is -0.108 e. The molecule has 0 atom stereocenters. The summed E-state index contributed by atoms with van der Waals surface area (Å²) < 4.78 is 0. The average molecular weight is 704 g/mol. The molecule has 250 valence electrons. The number of allylic oxidation sites excluding steroid dienone is 4. The van der Waals surface area contributed by atoms with Crippen molar-refractivity contribution in [2.24, 2.45) is 0 Å². The van der Waals surface area contributed by atoms with Crippen molar-refractivity contribution >= 4 is 38.1 Å². The Morgan fingerprint density at radius 1 is 0.298 bits per heavy atom. The summed E-state index contributed by atoms with van der Waals surface area (Å²) >= 11 is 0. The second-order valence-electron chi connectivity index (χ2n) is 11.0. The van der Waals surface area contributed by atoms with E-state index in [1.165, 1.54) is 81.5 Å².